The SMILES string of the molecule is FC(F)(F)c1ccccc1Nc1cnnc(Nc2ccccc2C(F)(F)F)n1. The summed E-state index contributed by atoms with van der Waals surface area (Å²) < 4.78 is 78.4. The van der Waals surface area contributed by atoms with Crippen molar-refractivity contribution in [3.63, 3.8) is 0 Å². The van der Waals surface area contributed by atoms with Crippen molar-refractivity contribution in [2.75, 3.05) is 10.6 Å². The summed E-state index contributed by atoms with van der Waals surface area (Å²) in [6, 6.07) is 9.35. The first-order valence-electron chi connectivity index (χ1n) is 7.71. The van der Waals surface area contributed by atoms with Crippen LogP contribution in [0.15, 0.2) is 54.7 Å². The molecule has 0 saturated carbocycles. The Kier molecular flexibility index (Phi) is 5.08. The van der Waals surface area contributed by atoms with Crippen LogP contribution < -0.4 is 10.6 Å². The Morgan fingerprint density at radius 3 is 1.71 bits per heavy atom. The van der Waals surface area contributed by atoms with E-state index in [0.29, 0.717) is 0 Å². The van der Waals surface area contributed by atoms with Crippen molar-refractivity contribution >= 4 is 23.1 Å². The van der Waals surface area contributed by atoms with Gasteiger partial charge in [0.1, 0.15) is 0 Å². The monoisotopic (exact) mass is 399 g/mol. The number of aromatic nitrogens is 3. The van der Waals surface area contributed by atoms with Gasteiger partial charge in [-0.05, 0) is 24.3 Å². The van der Waals surface area contributed by atoms with Crippen molar-refractivity contribution in [1.82, 2.24) is 15.2 Å². The highest BCUT2D eigenvalue weighted by atomic mass is 19.4. The van der Waals surface area contributed by atoms with E-state index in [4.69, 9.17) is 0 Å². The van der Waals surface area contributed by atoms with Crippen LogP contribution in [-0.4, -0.2) is 15.2 Å². The molecule has 11 heteroatoms. The van der Waals surface area contributed by atoms with Crippen LogP contribution in [-0.2, 0) is 12.4 Å². The molecule has 0 aliphatic rings. The van der Waals surface area contributed by atoms with Crippen molar-refractivity contribution in [2.45, 2.75) is 12.4 Å². The van der Waals surface area contributed by atoms with Gasteiger partial charge in [-0.1, -0.05) is 24.3 Å². The lowest BCUT2D eigenvalue weighted by molar-refractivity contribution is -0.137. The average molecular weight is 399 g/mol. The molecule has 0 fully saturated rings. The fraction of sp³-hybridized carbons (Fsp3) is 0.118. The third-order valence-corrected chi connectivity index (χ3v) is 3.53. The molecule has 28 heavy (non-hydrogen) atoms. The zero-order chi connectivity index (χ0) is 20.4. The van der Waals surface area contributed by atoms with Crippen LogP contribution in [0, 0.1) is 0 Å². The molecule has 2 aromatic carbocycles. The van der Waals surface area contributed by atoms with Crippen LogP contribution in [0.5, 0.6) is 0 Å². The molecule has 1 heterocycles. The van der Waals surface area contributed by atoms with Crippen molar-refractivity contribution in [2.24, 2.45) is 0 Å². The lowest BCUT2D eigenvalue weighted by atomic mass is 10.1. The normalized spacial score (nSPS) is 11.9. The maximum Gasteiger partial charge on any atom is 0.418 e. The smallest absolute Gasteiger partial charge is 0.338 e. The molecule has 3 aromatic rings. The highest BCUT2D eigenvalue weighted by Crippen LogP contribution is 2.37. The molecular formula is C17H11F6N5. The van der Waals surface area contributed by atoms with Gasteiger partial charge in [-0.3, -0.25) is 0 Å². The summed E-state index contributed by atoms with van der Waals surface area (Å²) >= 11 is 0. The zero-order valence-electron chi connectivity index (χ0n) is 13.8. The Morgan fingerprint density at radius 2 is 1.18 bits per heavy atom. The van der Waals surface area contributed by atoms with E-state index < -0.39 is 23.5 Å². The van der Waals surface area contributed by atoms with E-state index in [-0.39, 0.29) is 23.1 Å². The minimum Gasteiger partial charge on any atom is -0.338 e. The number of para-hydroxylation sites is 2. The largest absolute Gasteiger partial charge is 0.418 e. The Bertz CT molecular complexity index is 896. The Hall–Kier alpha value is -3.37. The molecule has 0 aliphatic heterocycles. The van der Waals surface area contributed by atoms with Crippen molar-refractivity contribution in [3.8, 4) is 0 Å². The summed E-state index contributed by atoms with van der Waals surface area (Å²) in [5.41, 5.74) is -2.47. The third-order valence-electron chi connectivity index (χ3n) is 3.53. The molecule has 1 aromatic heterocycles. The van der Waals surface area contributed by atoms with Crippen LogP contribution in [0.2, 0.25) is 0 Å². The topological polar surface area (TPSA) is 62.7 Å². The molecule has 146 valence electrons. The third kappa shape index (κ3) is 4.48. The minimum atomic E-state index is -4.61. The van der Waals surface area contributed by atoms with Crippen LogP contribution >= 0.6 is 0 Å². The second kappa shape index (κ2) is 7.33. The summed E-state index contributed by atoms with van der Waals surface area (Å²) in [5, 5.41) is 12.0. The molecule has 0 saturated heterocycles. The summed E-state index contributed by atoms with van der Waals surface area (Å²) in [5.74, 6) is -0.440. The summed E-state index contributed by atoms with van der Waals surface area (Å²) in [4.78, 5) is 3.88. The van der Waals surface area contributed by atoms with Crippen LogP contribution in [0.4, 0.5) is 49.5 Å². The maximum atomic E-state index is 13.1. The first kappa shape index (κ1) is 19.4. The van der Waals surface area contributed by atoms with E-state index in [1.54, 1.807) is 0 Å². The van der Waals surface area contributed by atoms with Gasteiger partial charge in [0.05, 0.1) is 28.7 Å². The van der Waals surface area contributed by atoms with Crippen LogP contribution in [0.1, 0.15) is 11.1 Å². The highest BCUT2D eigenvalue weighted by molar-refractivity contribution is 5.63. The number of anilines is 4. The summed E-state index contributed by atoms with van der Waals surface area (Å²) in [7, 11) is 0. The van der Waals surface area contributed by atoms with E-state index in [1.807, 2.05) is 0 Å². The molecule has 0 atom stereocenters. The summed E-state index contributed by atoms with van der Waals surface area (Å²) in [6.45, 7) is 0. The Balaban J connectivity index is 1.88. The van der Waals surface area contributed by atoms with Gasteiger partial charge in [-0.2, -0.15) is 36.4 Å². The number of hydrogen-bond acceptors (Lipinski definition) is 5. The Morgan fingerprint density at radius 1 is 0.679 bits per heavy atom. The highest BCUT2D eigenvalue weighted by Gasteiger charge is 2.34. The predicted molar refractivity (Wildman–Crippen MR) is 89.3 cm³/mol. The van der Waals surface area contributed by atoms with Crippen molar-refractivity contribution < 1.29 is 26.3 Å². The van der Waals surface area contributed by atoms with Crippen molar-refractivity contribution in [3.05, 3.63) is 65.9 Å². The van der Waals surface area contributed by atoms with Crippen LogP contribution in [0.25, 0.3) is 0 Å². The van der Waals surface area contributed by atoms with Gasteiger partial charge in [0.15, 0.2) is 5.82 Å². The first-order chi connectivity index (χ1) is 13.1. The van der Waals surface area contributed by atoms with E-state index in [9.17, 15) is 26.3 Å². The fourth-order valence-electron chi connectivity index (χ4n) is 2.35. The Labute approximate surface area is 154 Å². The van der Waals surface area contributed by atoms with E-state index >= 15 is 0 Å². The maximum absolute atomic E-state index is 13.1. The number of alkyl halides is 6. The number of nitrogens with one attached hydrogen (secondary N) is 2. The molecule has 0 unspecified atom stereocenters. The zero-order valence-corrected chi connectivity index (χ0v) is 13.8. The molecule has 5 nitrogen and oxygen atoms in total. The predicted octanol–water partition coefficient (Wildman–Crippen LogP) is 5.40. The molecule has 3 rings (SSSR count). The molecule has 0 spiro atoms. The first-order valence-corrected chi connectivity index (χ1v) is 7.71. The van der Waals surface area contributed by atoms with Crippen molar-refractivity contribution in [1.29, 1.82) is 0 Å². The molecule has 0 radical (unpaired) electrons. The number of halogens is 6. The van der Waals surface area contributed by atoms with E-state index in [2.05, 4.69) is 25.8 Å². The van der Waals surface area contributed by atoms with E-state index in [1.165, 1.54) is 36.4 Å². The fourth-order valence-corrected chi connectivity index (χ4v) is 2.35. The van der Waals surface area contributed by atoms with Gasteiger partial charge in [0.25, 0.3) is 0 Å². The average Bonchev–Trinajstić information content (AvgIpc) is 2.61. The van der Waals surface area contributed by atoms with E-state index in [0.717, 1.165) is 18.3 Å². The summed E-state index contributed by atoms with van der Waals surface area (Å²) in [6.07, 6.45) is -8.16. The van der Waals surface area contributed by atoms with Gasteiger partial charge in [0, 0.05) is 0 Å². The molecule has 2 N–H and O–H groups in total. The van der Waals surface area contributed by atoms with Gasteiger partial charge in [-0.25, -0.2) is 0 Å². The van der Waals surface area contributed by atoms with Gasteiger partial charge < -0.3 is 10.6 Å². The van der Waals surface area contributed by atoms with Gasteiger partial charge in [0.2, 0.25) is 5.95 Å². The second-order valence-corrected chi connectivity index (χ2v) is 5.50. The number of nitrogens with zero attached hydrogens (tertiary/aromatic N) is 3. The molecular weight excluding hydrogens is 388 g/mol. The molecule has 0 bridgehead atoms. The number of hydrogen-bond donors (Lipinski definition) is 2. The molecule has 0 aliphatic carbocycles. The minimum absolute atomic E-state index is 0.126. The standard InChI is InChI=1S/C17H11F6N5/c18-16(19,20)10-5-1-3-7-12(10)25-14-9-24-28-15(27-14)26-13-8-4-2-6-11(13)17(21,22)23/h1-9H,(H2,25,26,27,28). The van der Waals surface area contributed by atoms with Gasteiger partial charge >= 0.3 is 12.4 Å². The second-order valence-electron chi connectivity index (χ2n) is 5.50. The quantitative estimate of drug-likeness (QED) is 0.576. The number of rotatable bonds is 4. The lowest BCUT2D eigenvalue weighted by Gasteiger charge is -2.15. The lowest BCUT2D eigenvalue weighted by Crippen LogP contribution is -2.11. The van der Waals surface area contributed by atoms with Gasteiger partial charge in [-0.15, -0.1) is 5.10 Å². The molecule has 0 amide bonds. The van der Waals surface area contributed by atoms with Crippen LogP contribution in [0.3, 0.4) is 0 Å². The number of benzene rings is 2.